The molecule has 0 unspecified atom stereocenters. The summed E-state index contributed by atoms with van der Waals surface area (Å²) in [5.74, 6) is -0.0371. The van der Waals surface area contributed by atoms with Crippen LogP contribution < -0.4 is 4.74 Å². The molecule has 2 heterocycles. The number of carboxylic acids is 1. The minimum atomic E-state index is -1.03. The molecule has 0 radical (unpaired) electrons. The zero-order valence-corrected chi connectivity index (χ0v) is 11.5. The van der Waals surface area contributed by atoms with Gasteiger partial charge in [0.2, 0.25) is 5.78 Å². The van der Waals surface area contributed by atoms with E-state index >= 15 is 0 Å². The van der Waals surface area contributed by atoms with Crippen molar-refractivity contribution in [1.29, 1.82) is 0 Å². The Hall–Kier alpha value is -2.60. The molecule has 0 spiro atoms. The number of aromatic carboxylic acids is 1. The third-order valence-electron chi connectivity index (χ3n) is 2.84. The van der Waals surface area contributed by atoms with Crippen molar-refractivity contribution in [1.82, 2.24) is 14.4 Å². The van der Waals surface area contributed by atoms with Crippen LogP contribution >= 0.6 is 11.6 Å². The summed E-state index contributed by atoms with van der Waals surface area (Å²) < 4.78 is 7.34. The van der Waals surface area contributed by atoms with Gasteiger partial charge in [-0.3, -0.25) is 4.40 Å². The number of halogens is 1. The minimum Gasteiger partial charge on any atom is -0.486 e. The average molecular weight is 304 g/mol. The van der Waals surface area contributed by atoms with Crippen LogP contribution in [0.5, 0.6) is 5.75 Å². The van der Waals surface area contributed by atoms with Gasteiger partial charge >= 0.3 is 5.97 Å². The fraction of sp³-hybridized carbons (Fsp3) is 0.0714. The number of carboxylic acid groups (broad SMARTS) is 1. The highest BCUT2D eigenvalue weighted by atomic mass is 35.5. The molecular weight excluding hydrogens is 294 g/mol. The fourth-order valence-electron chi connectivity index (χ4n) is 1.85. The maximum atomic E-state index is 10.8. The van der Waals surface area contributed by atoms with Crippen molar-refractivity contribution in [3.8, 4) is 5.75 Å². The van der Waals surface area contributed by atoms with Crippen molar-refractivity contribution in [2.45, 2.75) is 6.61 Å². The number of hydrogen-bond donors (Lipinski definition) is 1. The lowest BCUT2D eigenvalue weighted by Crippen LogP contribution is -1.99. The summed E-state index contributed by atoms with van der Waals surface area (Å²) >= 11 is 5.99. The Morgan fingerprint density at radius 3 is 3.00 bits per heavy atom. The normalized spacial score (nSPS) is 10.7. The summed E-state index contributed by atoms with van der Waals surface area (Å²) in [6.45, 7) is 0.218. The van der Waals surface area contributed by atoms with Crippen molar-refractivity contribution in [2.24, 2.45) is 0 Å². The molecule has 0 saturated heterocycles. The van der Waals surface area contributed by atoms with E-state index in [4.69, 9.17) is 21.4 Å². The molecule has 0 aliphatic heterocycles. The Bertz CT molecular complexity index is 783. The highest BCUT2D eigenvalue weighted by Crippen LogP contribution is 2.26. The van der Waals surface area contributed by atoms with E-state index in [2.05, 4.69) is 9.97 Å². The molecule has 3 aromatic rings. The second kappa shape index (κ2) is 5.41. The van der Waals surface area contributed by atoms with Crippen molar-refractivity contribution in [2.75, 3.05) is 0 Å². The van der Waals surface area contributed by atoms with Gasteiger partial charge in [0.25, 0.3) is 0 Å². The molecule has 1 aromatic carbocycles. The lowest BCUT2D eigenvalue weighted by Gasteiger charge is -2.06. The number of rotatable bonds is 4. The Kier molecular flexibility index (Phi) is 3.45. The van der Waals surface area contributed by atoms with E-state index in [0.29, 0.717) is 17.2 Å². The summed E-state index contributed by atoms with van der Waals surface area (Å²) in [5.41, 5.74) is 0.816. The van der Waals surface area contributed by atoms with Crippen LogP contribution in [0.2, 0.25) is 5.02 Å². The van der Waals surface area contributed by atoms with E-state index in [0.717, 1.165) is 0 Å². The summed E-state index contributed by atoms with van der Waals surface area (Å²) in [6, 6.07) is 6.12. The highest BCUT2D eigenvalue weighted by molar-refractivity contribution is 6.32. The van der Waals surface area contributed by atoms with Crippen LogP contribution in [0.4, 0.5) is 0 Å². The number of imidazole rings is 1. The quantitative estimate of drug-likeness (QED) is 0.802. The zero-order chi connectivity index (χ0) is 14.8. The smallest absolute Gasteiger partial charge is 0.335 e. The zero-order valence-electron chi connectivity index (χ0n) is 10.7. The lowest BCUT2D eigenvalue weighted by molar-refractivity contribution is 0.0697. The number of fused-ring (bicyclic) bond motifs is 1. The van der Waals surface area contributed by atoms with Gasteiger partial charge in [0.05, 0.1) is 16.3 Å². The number of carbonyl (C=O) groups is 1. The van der Waals surface area contributed by atoms with E-state index in [1.165, 1.54) is 18.2 Å². The Balaban J connectivity index is 1.76. The van der Waals surface area contributed by atoms with Gasteiger partial charge in [-0.1, -0.05) is 11.6 Å². The molecule has 106 valence electrons. The van der Waals surface area contributed by atoms with Crippen LogP contribution in [-0.4, -0.2) is 25.4 Å². The largest absolute Gasteiger partial charge is 0.486 e. The lowest BCUT2D eigenvalue weighted by atomic mass is 10.2. The standard InChI is InChI=1S/C14H10ClN3O3/c15-11-6-9(13(19)20)2-3-12(11)21-8-10-7-18-5-1-4-16-14(18)17-10/h1-7H,8H2,(H,19,20). The monoisotopic (exact) mass is 303 g/mol. The number of aromatic nitrogens is 3. The molecule has 0 saturated carbocycles. The summed E-state index contributed by atoms with van der Waals surface area (Å²) in [5, 5.41) is 9.12. The molecule has 7 heteroatoms. The van der Waals surface area contributed by atoms with Crippen molar-refractivity contribution < 1.29 is 14.6 Å². The molecule has 21 heavy (non-hydrogen) atoms. The van der Waals surface area contributed by atoms with Gasteiger partial charge in [0, 0.05) is 18.6 Å². The number of hydrogen-bond acceptors (Lipinski definition) is 4. The van der Waals surface area contributed by atoms with Crippen LogP contribution in [0.15, 0.2) is 42.9 Å². The first-order valence-electron chi connectivity index (χ1n) is 6.08. The summed E-state index contributed by atoms with van der Waals surface area (Å²) in [4.78, 5) is 19.2. The van der Waals surface area contributed by atoms with Gasteiger partial charge in [-0.25, -0.2) is 14.8 Å². The molecule has 0 amide bonds. The van der Waals surface area contributed by atoms with E-state index < -0.39 is 5.97 Å². The van der Waals surface area contributed by atoms with Crippen LogP contribution in [0.3, 0.4) is 0 Å². The second-order valence-corrected chi connectivity index (χ2v) is 4.71. The Morgan fingerprint density at radius 2 is 2.29 bits per heavy atom. The van der Waals surface area contributed by atoms with Gasteiger partial charge in [-0.05, 0) is 24.3 Å². The predicted molar refractivity (Wildman–Crippen MR) is 75.7 cm³/mol. The molecule has 3 rings (SSSR count). The van der Waals surface area contributed by atoms with Gasteiger partial charge in [-0.2, -0.15) is 0 Å². The molecule has 0 aliphatic rings. The van der Waals surface area contributed by atoms with Crippen LogP contribution in [-0.2, 0) is 6.61 Å². The second-order valence-electron chi connectivity index (χ2n) is 4.30. The van der Waals surface area contributed by atoms with E-state index in [1.54, 1.807) is 16.7 Å². The average Bonchev–Trinajstić information content (AvgIpc) is 2.88. The van der Waals surface area contributed by atoms with Crippen molar-refractivity contribution in [3.63, 3.8) is 0 Å². The molecule has 0 aliphatic carbocycles. The molecule has 0 fully saturated rings. The van der Waals surface area contributed by atoms with Crippen LogP contribution in [0, 0.1) is 0 Å². The summed E-state index contributed by atoms with van der Waals surface area (Å²) in [6.07, 6.45) is 5.31. The number of benzene rings is 1. The molecule has 2 aromatic heterocycles. The van der Waals surface area contributed by atoms with Gasteiger partial charge in [0.15, 0.2) is 0 Å². The molecule has 1 N–H and O–H groups in total. The maximum absolute atomic E-state index is 10.8. The Labute approximate surface area is 124 Å². The molecule has 0 atom stereocenters. The topological polar surface area (TPSA) is 76.7 Å². The first-order chi connectivity index (χ1) is 10.1. The summed E-state index contributed by atoms with van der Waals surface area (Å²) in [7, 11) is 0. The first-order valence-corrected chi connectivity index (χ1v) is 6.45. The van der Waals surface area contributed by atoms with Crippen LogP contribution in [0.25, 0.3) is 5.78 Å². The van der Waals surface area contributed by atoms with E-state index in [-0.39, 0.29) is 17.2 Å². The van der Waals surface area contributed by atoms with Crippen molar-refractivity contribution in [3.05, 3.63) is 59.1 Å². The van der Waals surface area contributed by atoms with Gasteiger partial charge in [-0.15, -0.1) is 0 Å². The number of nitrogens with zero attached hydrogens (tertiary/aromatic N) is 3. The van der Waals surface area contributed by atoms with E-state index in [1.807, 2.05) is 12.4 Å². The maximum Gasteiger partial charge on any atom is 0.335 e. The third kappa shape index (κ3) is 2.80. The number of ether oxygens (including phenoxy) is 1. The Morgan fingerprint density at radius 1 is 1.43 bits per heavy atom. The van der Waals surface area contributed by atoms with Gasteiger partial charge in [0.1, 0.15) is 12.4 Å². The fourth-order valence-corrected chi connectivity index (χ4v) is 2.09. The third-order valence-corrected chi connectivity index (χ3v) is 3.14. The minimum absolute atomic E-state index is 0.115. The first kappa shape index (κ1) is 13.4. The van der Waals surface area contributed by atoms with Crippen LogP contribution in [0.1, 0.15) is 16.1 Å². The SMILES string of the molecule is O=C(O)c1ccc(OCc2cn3cccnc3n2)c(Cl)c1. The molecule has 6 nitrogen and oxygen atoms in total. The molecule has 0 bridgehead atoms. The highest BCUT2D eigenvalue weighted by Gasteiger charge is 2.09. The molecular formula is C14H10ClN3O3. The van der Waals surface area contributed by atoms with Gasteiger partial charge < -0.3 is 9.84 Å². The van der Waals surface area contributed by atoms with Crippen molar-refractivity contribution >= 4 is 23.3 Å². The predicted octanol–water partition coefficient (Wildman–Crippen LogP) is 2.66. The van der Waals surface area contributed by atoms with E-state index in [9.17, 15) is 4.79 Å².